The smallest absolute Gasteiger partial charge is 0.185 e. The van der Waals surface area contributed by atoms with E-state index in [9.17, 15) is 9.90 Å². The third kappa shape index (κ3) is 4.73. The number of likely N-dealkylation sites (tertiary alicyclic amines) is 1. The fraction of sp³-hybridized carbons (Fsp3) is 0.348. The molecule has 0 unspecified atom stereocenters. The van der Waals surface area contributed by atoms with Crippen LogP contribution in [-0.4, -0.2) is 43.1 Å². The number of benzene rings is 2. The summed E-state index contributed by atoms with van der Waals surface area (Å²) in [5.74, 6) is 1.32. The van der Waals surface area contributed by atoms with Crippen LogP contribution in [0.5, 0.6) is 17.2 Å². The Hall–Kier alpha value is -2.79. The zero-order valence-electron chi connectivity index (χ0n) is 16.5. The molecule has 0 radical (unpaired) electrons. The molecule has 1 fully saturated rings. The minimum atomic E-state index is -0.121. The van der Waals surface area contributed by atoms with Gasteiger partial charge < -0.3 is 14.6 Å². The molecule has 5 heteroatoms. The van der Waals surface area contributed by atoms with Crippen molar-refractivity contribution in [3.8, 4) is 17.2 Å². The minimum absolute atomic E-state index is 0.121. The molecule has 0 amide bonds. The van der Waals surface area contributed by atoms with Crippen LogP contribution in [0.1, 0.15) is 40.7 Å². The number of methoxy groups -OCH3 is 2. The molecule has 3 rings (SSSR count). The van der Waals surface area contributed by atoms with Crippen molar-refractivity contribution in [1.82, 2.24) is 4.90 Å². The van der Waals surface area contributed by atoms with Gasteiger partial charge in [-0.15, -0.1) is 0 Å². The summed E-state index contributed by atoms with van der Waals surface area (Å²) in [6, 6.07) is 10.6. The fourth-order valence-electron chi connectivity index (χ4n) is 3.53. The predicted octanol–water partition coefficient (Wildman–Crippen LogP) is 4.29. The van der Waals surface area contributed by atoms with E-state index in [-0.39, 0.29) is 11.5 Å². The SMILES string of the molecule is COc1cccc(/C=C/C(=O)c2ccc(O)c(CN3CCCCC3)c2)c1OC. The van der Waals surface area contributed by atoms with E-state index in [0.29, 0.717) is 23.6 Å². The Kier molecular flexibility index (Phi) is 6.71. The molecule has 1 aliphatic rings. The maximum atomic E-state index is 12.7. The van der Waals surface area contributed by atoms with Crippen LogP contribution in [0.4, 0.5) is 0 Å². The van der Waals surface area contributed by atoms with Gasteiger partial charge in [0.15, 0.2) is 17.3 Å². The van der Waals surface area contributed by atoms with Crippen molar-refractivity contribution in [3.05, 3.63) is 59.2 Å². The highest BCUT2D eigenvalue weighted by molar-refractivity contribution is 6.07. The van der Waals surface area contributed by atoms with Crippen LogP contribution >= 0.6 is 0 Å². The maximum absolute atomic E-state index is 12.7. The van der Waals surface area contributed by atoms with Crippen molar-refractivity contribution >= 4 is 11.9 Å². The summed E-state index contributed by atoms with van der Waals surface area (Å²) in [6.07, 6.45) is 6.88. The molecule has 1 saturated heterocycles. The normalized spacial score (nSPS) is 14.9. The van der Waals surface area contributed by atoms with E-state index in [2.05, 4.69) is 4.90 Å². The third-order valence-corrected chi connectivity index (χ3v) is 5.05. The number of carbonyl (C=O) groups is 1. The number of phenols is 1. The van der Waals surface area contributed by atoms with Gasteiger partial charge in [-0.3, -0.25) is 9.69 Å². The van der Waals surface area contributed by atoms with E-state index in [1.165, 1.54) is 25.3 Å². The molecule has 2 aromatic rings. The summed E-state index contributed by atoms with van der Waals surface area (Å²) >= 11 is 0. The summed E-state index contributed by atoms with van der Waals surface area (Å²) in [4.78, 5) is 15.0. The van der Waals surface area contributed by atoms with Gasteiger partial charge in [0.1, 0.15) is 5.75 Å². The molecule has 0 aromatic heterocycles. The number of aromatic hydroxyl groups is 1. The highest BCUT2D eigenvalue weighted by Crippen LogP contribution is 2.31. The average molecular weight is 381 g/mol. The largest absolute Gasteiger partial charge is 0.508 e. The van der Waals surface area contributed by atoms with E-state index in [4.69, 9.17) is 9.47 Å². The molecule has 1 aliphatic heterocycles. The van der Waals surface area contributed by atoms with Crippen molar-refractivity contribution < 1.29 is 19.4 Å². The first kappa shape index (κ1) is 20.0. The molecule has 0 atom stereocenters. The lowest BCUT2D eigenvalue weighted by Crippen LogP contribution is -2.29. The van der Waals surface area contributed by atoms with E-state index in [1.54, 1.807) is 38.5 Å². The highest BCUT2D eigenvalue weighted by atomic mass is 16.5. The number of ketones is 1. The number of nitrogens with zero attached hydrogens (tertiary/aromatic N) is 1. The van der Waals surface area contributed by atoms with Gasteiger partial charge in [-0.05, 0) is 62.3 Å². The molecule has 0 saturated carbocycles. The van der Waals surface area contributed by atoms with Crippen molar-refractivity contribution in [2.45, 2.75) is 25.8 Å². The lowest BCUT2D eigenvalue weighted by molar-refractivity contribution is 0.104. The first-order valence-corrected chi connectivity index (χ1v) is 9.60. The van der Waals surface area contributed by atoms with Crippen LogP contribution in [0.15, 0.2) is 42.5 Å². The summed E-state index contributed by atoms with van der Waals surface area (Å²) in [6.45, 7) is 2.74. The van der Waals surface area contributed by atoms with E-state index >= 15 is 0 Å². The van der Waals surface area contributed by atoms with Crippen molar-refractivity contribution in [2.24, 2.45) is 0 Å². The number of carbonyl (C=O) groups excluding carboxylic acids is 1. The number of phenolic OH excluding ortho intramolecular Hbond substituents is 1. The van der Waals surface area contributed by atoms with Gasteiger partial charge in [0, 0.05) is 23.2 Å². The molecule has 0 aliphatic carbocycles. The number of allylic oxidation sites excluding steroid dienone is 1. The van der Waals surface area contributed by atoms with Gasteiger partial charge in [0.2, 0.25) is 0 Å². The number of ether oxygens (including phenoxy) is 2. The van der Waals surface area contributed by atoms with Crippen molar-refractivity contribution in [2.75, 3.05) is 27.3 Å². The van der Waals surface area contributed by atoms with Gasteiger partial charge in [-0.25, -0.2) is 0 Å². The van der Waals surface area contributed by atoms with Gasteiger partial charge in [0.25, 0.3) is 0 Å². The number of piperidine rings is 1. The molecular formula is C23H27NO4. The van der Waals surface area contributed by atoms with Gasteiger partial charge >= 0.3 is 0 Å². The summed E-state index contributed by atoms with van der Waals surface area (Å²) in [5, 5.41) is 10.2. The topological polar surface area (TPSA) is 59.0 Å². The Morgan fingerprint density at radius 2 is 1.89 bits per heavy atom. The average Bonchev–Trinajstić information content (AvgIpc) is 2.73. The molecule has 2 aromatic carbocycles. The first-order chi connectivity index (χ1) is 13.6. The van der Waals surface area contributed by atoms with Crippen LogP contribution in [-0.2, 0) is 6.54 Å². The van der Waals surface area contributed by atoms with Crippen LogP contribution in [0.3, 0.4) is 0 Å². The van der Waals surface area contributed by atoms with Gasteiger partial charge in [0.05, 0.1) is 14.2 Å². The van der Waals surface area contributed by atoms with Crippen LogP contribution in [0, 0.1) is 0 Å². The maximum Gasteiger partial charge on any atom is 0.185 e. The van der Waals surface area contributed by atoms with Crippen LogP contribution in [0.25, 0.3) is 6.08 Å². The molecule has 28 heavy (non-hydrogen) atoms. The zero-order valence-corrected chi connectivity index (χ0v) is 16.5. The second-order valence-electron chi connectivity index (χ2n) is 6.96. The number of para-hydroxylation sites is 1. The monoisotopic (exact) mass is 381 g/mol. The lowest BCUT2D eigenvalue weighted by Gasteiger charge is -2.26. The standard InChI is InChI=1S/C23H27NO4/c1-27-22-8-6-7-17(23(22)28-2)9-11-20(25)18-10-12-21(26)19(15-18)16-24-13-4-3-5-14-24/h6-12,15,26H,3-5,13-14,16H2,1-2H3/b11-9+. The molecule has 1 heterocycles. The van der Waals surface area contributed by atoms with Crippen LogP contribution < -0.4 is 9.47 Å². The second-order valence-corrected chi connectivity index (χ2v) is 6.96. The van der Waals surface area contributed by atoms with Crippen molar-refractivity contribution in [1.29, 1.82) is 0 Å². The highest BCUT2D eigenvalue weighted by Gasteiger charge is 2.14. The quantitative estimate of drug-likeness (QED) is 0.573. The number of hydrogen-bond acceptors (Lipinski definition) is 5. The van der Waals surface area contributed by atoms with Gasteiger partial charge in [-0.2, -0.15) is 0 Å². The summed E-state index contributed by atoms with van der Waals surface area (Å²) < 4.78 is 10.7. The van der Waals surface area contributed by atoms with Crippen LogP contribution in [0.2, 0.25) is 0 Å². The molecule has 0 spiro atoms. The third-order valence-electron chi connectivity index (χ3n) is 5.05. The lowest BCUT2D eigenvalue weighted by atomic mass is 10.0. The van der Waals surface area contributed by atoms with Crippen molar-refractivity contribution in [3.63, 3.8) is 0 Å². The zero-order chi connectivity index (χ0) is 19.9. The molecule has 0 bridgehead atoms. The molecule has 5 nitrogen and oxygen atoms in total. The summed E-state index contributed by atoms with van der Waals surface area (Å²) in [7, 11) is 3.15. The van der Waals surface area contributed by atoms with E-state index < -0.39 is 0 Å². The fourth-order valence-corrected chi connectivity index (χ4v) is 3.53. The number of hydrogen-bond donors (Lipinski definition) is 1. The Balaban J connectivity index is 1.77. The minimum Gasteiger partial charge on any atom is -0.508 e. The summed E-state index contributed by atoms with van der Waals surface area (Å²) in [5.41, 5.74) is 2.12. The second kappa shape index (κ2) is 9.42. The Bertz CT molecular complexity index is 854. The Morgan fingerprint density at radius 1 is 1.11 bits per heavy atom. The Labute approximate surface area is 166 Å². The van der Waals surface area contributed by atoms with E-state index in [1.807, 2.05) is 18.2 Å². The predicted molar refractivity (Wildman–Crippen MR) is 110 cm³/mol. The molecule has 1 N–H and O–H groups in total. The van der Waals surface area contributed by atoms with E-state index in [0.717, 1.165) is 24.2 Å². The first-order valence-electron chi connectivity index (χ1n) is 9.60. The number of rotatable bonds is 7. The molecular weight excluding hydrogens is 354 g/mol. The van der Waals surface area contributed by atoms with Gasteiger partial charge in [-0.1, -0.05) is 18.6 Å². The Morgan fingerprint density at radius 3 is 2.61 bits per heavy atom. The molecule has 148 valence electrons.